The van der Waals surface area contributed by atoms with E-state index in [0.717, 1.165) is 16.8 Å². The van der Waals surface area contributed by atoms with Crippen LogP contribution in [0.5, 0.6) is 0 Å². The summed E-state index contributed by atoms with van der Waals surface area (Å²) >= 11 is 0. The molecule has 2 aromatic carbocycles. The van der Waals surface area contributed by atoms with E-state index >= 15 is 0 Å². The SMILES string of the molecule is CN(C)c1ccc(C#C/C=C\C#Cc2ccc([N+](=O)[O-])cc2)cc1. The molecule has 0 N–H and O–H groups in total. The summed E-state index contributed by atoms with van der Waals surface area (Å²) in [5.74, 6) is 11.7. The highest BCUT2D eigenvalue weighted by Gasteiger charge is 2.01. The molecule has 0 aliphatic rings. The fourth-order valence-electron chi connectivity index (χ4n) is 1.84. The number of hydrogen-bond donors (Lipinski definition) is 0. The summed E-state index contributed by atoms with van der Waals surface area (Å²) in [7, 11) is 3.99. The number of rotatable bonds is 2. The lowest BCUT2D eigenvalue weighted by Crippen LogP contribution is -2.07. The minimum Gasteiger partial charge on any atom is -0.378 e. The molecule has 0 unspecified atom stereocenters. The molecule has 0 spiro atoms. The number of anilines is 1. The molecule has 0 aliphatic carbocycles. The first-order chi connectivity index (χ1) is 11.6. The molecular weight excluding hydrogens is 300 g/mol. The maximum atomic E-state index is 10.6. The highest BCUT2D eigenvalue weighted by Crippen LogP contribution is 2.11. The van der Waals surface area contributed by atoms with E-state index in [2.05, 4.69) is 23.7 Å². The first-order valence-electron chi connectivity index (χ1n) is 7.26. The molecule has 4 nitrogen and oxygen atoms in total. The molecule has 0 aromatic heterocycles. The monoisotopic (exact) mass is 316 g/mol. The summed E-state index contributed by atoms with van der Waals surface area (Å²) in [5.41, 5.74) is 2.85. The lowest BCUT2D eigenvalue weighted by atomic mass is 10.2. The maximum Gasteiger partial charge on any atom is 0.269 e. The number of nitrogens with zero attached hydrogens (tertiary/aromatic N) is 2. The van der Waals surface area contributed by atoms with Gasteiger partial charge in [0.15, 0.2) is 0 Å². The van der Waals surface area contributed by atoms with Crippen molar-refractivity contribution in [3.05, 3.63) is 81.9 Å². The average molecular weight is 316 g/mol. The second-order valence-corrected chi connectivity index (χ2v) is 5.12. The van der Waals surface area contributed by atoms with Gasteiger partial charge in [0.25, 0.3) is 5.69 Å². The van der Waals surface area contributed by atoms with Crippen LogP contribution in [0.3, 0.4) is 0 Å². The smallest absolute Gasteiger partial charge is 0.269 e. The largest absolute Gasteiger partial charge is 0.378 e. The van der Waals surface area contributed by atoms with Crippen LogP contribution in [0.15, 0.2) is 60.7 Å². The Labute approximate surface area is 141 Å². The summed E-state index contributed by atoms with van der Waals surface area (Å²) in [6.45, 7) is 0. The molecule has 0 saturated carbocycles. The summed E-state index contributed by atoms with van der Waals surface area (Å²) in [5, 5.41) is 10.6. The van der Waals surface area contributed by atoms with Crippen molar-refractivity contribution in [3.8, 4) is 23.7 Å². The van der Waals surface area contributed by atoms with E-state index in [0.29, 0.717) is 0 Å². The standard InChI is InChI=1S/C20H16N2O2/c1-21(2)19-13-9-17(10-14-19)7-5-3-4-6-8-18-11-15-20(16-12-18)22(23)24/h3-4,9-16H,1-2H3/b4-3-. The van der Waals surface area contributed by atoms with E-state index in [4.69, 9.17) is 0 Å². The summed E-state index contributed by atoms with van der Waals surface area (Å²) in [6, 6.07) is 14.1. The molecule has 0 amide bonds. The summed E-state index contributed by atoms with van der Waals surface area (Å²) in [4.78, 5) is 12.2. The van der Waals surface area contributed by atoms with Crippen LogP contribution in [0.2, 0.25) is 0 Å². The van der Waals surface area contributed by atoms with Gasteiger partial charge < -0.3 is 4.90 Å². The lowest BCUT2D eigenvalue weighted by molar-refractivity contribution is -0.384. The van der Waals surface area contributed by atoms with E-state index in [9.17, 15) is 10.1 Å². The Bertz CT molecular complexity index is 856. The highest BCUT2D eigenvalue weighted by molar-refractivity contribution is 5.50. The lowest BCUT2D eigenvalue weighted by Gasteiger charge is -2.11. The molecule has 2 rings (SSSR count). The van der Waals surface area contributed by atoms with Gasteiger partial charge in [-0.1, -0.05) is 23.7 Å². The predicted molar refractivity (Wildman–Crippen MR) is 96.8 cm³/mol. The first-order valence-corrected chi connectivity index (χ1v) is 7.26. The van der Waals surface area contributed by atoms with Gasteiger partial charge in [-0.3, -0.25) is 10.1 Å². The van der Waals surface area contributed by atoms with Crippen LogP contribution in [0, 0.1) is 33.8 Å². The number of nitro benzene ring substituents is 1. The van der Waals surface area contributed by atoms with Crippen molar-refractivity contribution in [3.63, 3.8) is 0 Å². The van der Waals surface area contributed by atoms with Crippen molar-refractivity contribution in [2.24, 2.45) is 0 Å². The Balaban J connectivity index is 1.95. The van der Waals surface area contributed by atoms with Gasteiger partial charge in [-0.15, -0.1) is 0 Å². The molecule has 0 aliphatic heterocycles. The van der Waals surface area contributed by atoms with Gasteiger partial charge >= 0.3 is 0 Å². The van der Waals surface area contributed by atoms with Gasteiger partial charge in [-0.2, -0.15) is 0 Å². The topological polar surface area (TPSA) is 46.4 Å². The Morgan fingerprint density at radius 1 is 0.875 bits per heavy atom. The van der Waals surface area contributed by atoms with Gasteiger partial charge in [0.05, 0.1) is 4.92 Å². The summed E-state index contributed by atoms with van der Waals surface area (Å²) in [6.07, 6.45) is 3.33. The first kappa shape index (κ1) is 16.9. The third-order valence-electron chi connectivity index (χ3n) is 3.14. The maximum absolute atomic E-state index is 10.6. The van der Waals surface area contributed by atoms with E-state index in [-0.39, 0.29) is 5.69 Å². The van der Waals surface area contributed by atoms with Crippen LogP contribution >= 0.6 is 0 Å². The highest BCUT2D eigenvalue weighted by atomic mass is 16.6. The minimum atomic E-state index is -0.433. The normalized spacial score (nSPS) is 9.58. The quantitative estimate of drug-likeness (QED) is 0.483. The molecule has 4 heteroatoms. The molecule has 0 fully saturated rings. The van der Waals surface area contributed by atoms with Crippen LogP contribution in [-0.2, 0) is 0 Å². The Kier molecular flexibility index (Phi) is 5.77. The Morgan fingerprint density at radius 2 is 1.33 bits per heavy atom. The fraction of sp³-hybridized carbons (Fsp3) is 0.100. The molecule has 0 bridgehead atoms. The van der Waals surface area contributed by atoms with Crippen molar-refractivity contribution in [2.75, 3.05) is 19.0 Å². The Morgan fingerprint density at radius 3 is 1.75 bits per heavy atom. The van der Waals surface area contributed by atoms with E-state index in [1.54, 1.807) is 24.3 Å². The fourth-order valence-corrected chi connectivity index (χ4v) is 1.84. The van der Waals surface area contributed by atoms with Crippen LogP contribution in [0.1, 0.15) is 11.1 Å². The zero-order valence-corrected chi connectivity index (χ0v) is 13.5. The molecule has 118 valence electrons. The molecule has 2 aromatic rings. The number of hydrogen-bond acceptors (Lipinski definition) is 3. The van der Waals surface area contributed by atoms with Gasteiger partial charge in [-0.25, -0.2) is 0 Å². The molecule has 0 saturated heterocycles. The second kappa shape index (κ2) is 8.22. The zero-order chi connectivity index (χ0) is 17.4. The average Bonchev–Trinajstić information content (AvgIpc) is 2.58. The number of allylic oxidation sites excluding steroid dienone is 2. The van der Waals surface area contributed by atoms with Gasteiger partial charge in [0, 0.05) is 43.0 Å². The molecule has 24 heavy (non-hydrogen) atoms. The zero-order valence-electron chi connectivity index (χ0n) is 13.5. The van der Waals surface area contributed by atoms with Crippen LogP contribution in [0.25, 0.3) is 0 Å². The third kappa shape index (κ3) is 5.05. The third-order valence-corrected chi connectivity index (χ3v) is 3.14. The summed E-state index contributed by atoms with van der Waals surface area (Å²) < 4.78 is 0. The molecule has 0 heterocycles. The van der Waals surface area contributed by atoms with Crippen LogP contribution < -0.4 is 4.90 Å². The molecule has 0 radical (unpaired) electrons. The predicted octanol–water partition coefficient (Wildman–Crippen LogP) is 3.62. The van der Waals surface area contributed by atoms with Crippen molar-refractivity contribution >= 4 is 11.4 Å². The van der Waals surface area contributed by atoms with Crippen molar-refractivity contribution in [2.45, 2.75) is 0 Å². The van der Waals surface area contributed by atoms with Gasteiger partial charge in [0.2, 0.25) is 0 Å². The second-order valence-electron chi connectivity index (χ2n) is 5.12. The number of non-ortho nitro benzene ring substituents is 1. The van der Waals surface area contributed by atoms with Crippen LogP contribution in [0.4, 0.5) is 11.4 Å². The van der Waals surface area contributed by atoms with Crippen molar-refractivity contribution in [1.82, 2.24) is 0 Å². The van der Waals surface area contributed by atoms with E-state index in [1.807, 2.05) is 43.3 Å². The van der Waals surface area contributed by atoms with Crippen molar-refractivity contribution < 1.29 is 4.92 Å². The van der Waals surface area contributed by atoms with Crippen molar-refractivity contribution in [1.29, 1.82) is 0 Å². The Hall–Kier alpha value is -3.50. The van der Waals surface area contributed by atoms with E-state index in [1.165, 1.54) is 12.1 Å². The minimum absolute atomic E-state index is 0.0576. The van der Waals surface area contributed by atoms with Gasteiger partial charge in [-0.05, 0) is 48.6 Å². The van der Waals surface area contributed by atoms with Crippen LogP contribution in [-0.4, -0.2) is 19.0 Å². The van der Waals surface area contributed by atoms with E-state index < -0.39 is 4.92 Å². The molecule has 0 atom stereocenters. The number of benzene rings is 2. The van der Waals surface area contributed by atoms with Gasteiger partial charge in [0.1, 0.15) is 0 Å². The molecular formula is C20H16N2O2. The number of nitro groups is 1.